The number of rotatable bonds is 7. The molecule has 1 N–H and O–H groups in total. The highest BCUT2D eigenvalue weighted by atomic mass is 32.2. The molecule has 1 fully saturated rings. The van der Waals surface area contributed by atoms with Gasteiger partial charge in [-0.3, -0.25) is 0 Å². The first-order valence-corrected chi connectivity index (χ1v) is 8.13. The van der Waals surface area contributed by atoms with Crippen molar-refractivity contribution >= 4 is 9.84 Å². The Labute approximate surface area is 107 Å². The molecule has 1 aliphatic carbocycles. The monoisotopic (exact) mass is 285 g/mol. The van der Waals surface area contributed by atoms with Gasteiger partial charge in [-0.15, -0.1) is 0 Å². The Balaban J connectivity index is 2.19. The van der Waals surface area contributed by atoms with Crippen LogP contribution in [0.4, 0.5) is 8.78 Å². The fraction of sp³-hybridized carbons (Fsp3) is 1.00. The minimum Gasteiger partial charge on any atom is -0.374 e. The molecule has 0 aromatic heterocycles. The Morgan fingerprint density at radius 2 is 2.11 bits per heavy atom. The Morgan fingerprint density at radius 1 is 1.39 bits per heavy atom. The maximum Gasteiger partial charge on any atom is 0.261 e. The zero-order valence-corrected chi connectivity index (χ0v) is 11.4. The molecule has 0 radical (unpaired) electrons. The predicted octanol–water partition coefficient (Wildman–Crippen LogP) is 1.21. The normalized spacial score (nSPS) is 25.6. The second kappa shape index (κ2) is 7.35. The number of nitrogens with one attached hydrogen (secondary N) is 1. The molecule has 0 saturated heterocycles. The Hall–Kier alpha value is -0.270. The van der Waals surface area contributed by atoms with E-state index in [-0.39, 0.29) is 17.9 Å². The highest BCUT2D eigenvalue weighted by molar-refractivity contribution is 7.91. The molecule has 7 heteroatoms. The minimum atomic E-state index is -2.98. The van der Waals surface area contributed by atoms with Gasteiger partial charge in [-0.25, -0.2) is 17.2 Å². The Kier molecular flexibility index (Phi) is 6.45. The van der Waals surface area contributed by atoms with Gasteiger partial charge in [0.25, 0.3) is 6.43 Å². The Morgan fingerprint density at radius 3 is 2.72 bits per heavy atom. The minimum absolute atomic E-state index is 0.147. The molecular formula is C11H21F2NO3S. The maximum atomic E-state index is 11.8. The summed E-state index contributed by atoms with van der Waals surface area (Å²) in [5.74, 6) is 0. The van der Waals surface area contributed by atoms with E-state index in [9.17, 15) is 17.2 Å². The summed E-state index contributed by atoms with van der Waals surface area (Å²) in [6, 6.07) is 0.147. The van der Waals surface area contributed by atoms with Gasteiger partial charge in [0, 0.05) is 18.8 Å². The van der Waals surface area contributed by atoms with Crippen molar-refractivity contribution in [2.75, 3.05) is 26.0 Å². The number of alkyl halides is 2. The van der Waals surface area contributed by atoms with Gasteiger partial charge in [-0.05, 0) is 19.3 Å². The molecule has 0 aliphatic heterocycles. The summed E-state index contributed by atoms with van der Waals surface area (Å²) in [7, 11) is -2.98. The summed E-state index contributed by atoms with van der Waals surface area (Å²) in [5, 5.41) is 2.89. The smallest absolute Gasteiger partial charge is 0.261 e. The molecule has 0 amide bonds. The molecule has 2 atom stereocenters. The molecule has 0 spiro atoms. The summed E-state index contributed by atoms with van der Waals surface area (Å²) < 4.78 is 51.2. The van der Waals surface area contributed by atoms with Crippen LogP contribution in [-0.2, 0) is 14.6 Å². The van der Waals surface area contributed by atoms with Crippen molar-refractivity contribution in [1.29, 1.82) is 0 Å². The lowest BCUT2D eigenvalue weighted by Gasteiger charge is -2.28. The Bertz CT molecular complexity index is 335. The van der Waals surface area contributed by atoms with Crippen molar-refractivity contribution in [3.63, 3.8) is 0 Å². The number of ether oxygens (including phenoxy) is 1. The van der Waals surface area contributed by atoms with E-state index in [1.165, 1.54) is 6.26 Å². The predicted molar refractivity (Wildman–Crippen MR) is 65.7 cm³/mol. The molecule has 0 aromatic carbocycles. The van der Waals surface area contributed by atoms with Crippen LogP contribution in [0.15, 0.2) is 0 Å². The van der Waals surface area contributed by atoms with E-state index in [1.54, 1.807) is 0 Å². The van der Waals surface area contributed by atoms with Crippen LogP contribution in [-0.4, -0.2) is 52.1 Å². The third kappa shape index (κ3) is 6.06. The number of halogens is 2. The first kappa shape index (κ1) is 15.8. The lowest BCUT2D eigenvalue weighted by molar-refractivity contribution is 0.0180. The van der Waals surface area contributed by atoms with Crippen molar-refractivity contribution < 1.29 is 21.9 Å². The molecule has 0 heterocycles. The molecule has 0 aromatic rings. The highest BCUT2D eigenvalue weighted by Crippen LogP contribution is 2.23. The fourth-order valence-corrected chi connectivity index (χ4v) is 3.40. The molecule has 1 aliphatic rings. The van der Waals surface area contributed by atoms with Gasteiger partial charge in [0.2, 0.25) is 0 Å². The number of sulfone groups is 1. The summed E-state index contributed by atoms with van der Waals surface area (Å²) in [6.45, 7) is 0.163. The third-order valence-corrected chi connectivity index (χ3v) is 4.79. The third-order valence-electron chi connectivity index (χ3n) is 3.15. The number of hydrogen-bond acceptors (Lipinski definition) is 4. The van der Waals surface area contributed by atoms with Crippen molar-refractivity contribution in [1.82, 2.24) is 5.32 Å². The van der Waals surface area contributed by atoms with E-state index in [0.717, 1.165) is 19.3 Å². The van der Waals surface area contributed by atoms with Crippen LogP contribution in [0.5, 0.6) is 0 Å². The quantitative estimate of drug-likeness (QED) is 0.715. The fourth-order valence-electron chi connectivity index (χ4n) is 2.23. The standard InChI is InChI=1S/C11H21F2NO3S/c1-18(15,16)10-4-2-3-9(7-10)14-5-6-17-8-11(12)13/h9-11,14H,2-8H2,1H3. The molecule has 2 unspecified atom stereocenters. The van der Waals surface area contributed by atoms with E-state index >= 15 is 0 Å². The van der Waals surface area contributed by atoms with Crippen LogP contribution in [0.3, 0.4) is 0 Å². The van der Waals surface area contributed by atoms with Crippen molar-refractivity contribution in [2.45, 2.75) is 43.4 Å². The van der Waals surface area contributed by atoms with Gasteiger partial charge in [0.1, 0.15) is 16.4 Å². The molecule has 4 nitrogen and oxygen atoms in total. The zero-order valence-electron chi connectivity index (χ0n) is 10.6. The van der Waals surface area contributed by atoms with Gasteiger partial charge >= 0.3 is 0 Å². The van der Waals surface area contributed by atoms with Crippen LogP contribution < -0.4 is 5.32 Å². The molecule has 18 heavy (non-hydrogen) atoms. The molecule has 108 valence electrons. The van der Waals surface area contributed by atoms with Gasteiger partial charge in [0.15, 0.2) is 0 Å². The van der Waals surface area contributed by atoms with Crippen LogP contribution in [0.2, 0.25) is 0 Å². The highest BCUT2D eigenvalue weighted by Gasteiger charge is 2.28. The van der Waals surface area contributed by atoms with Crippen LogP contribution in [0, 0.1) is 0 Å². The van der Waals surface area contributed by atoms with E-state index in [0.29, 0.717) is 13.0 Å². The van der Waals surface area contributed by atoms with Gasteiger partial charge in [-0.1, -0.05) is 6.42 Å². The second-order valence-electron chi connectivity index (χ2n) is 4.74. The first-order chi connectivity index (χ1) is 8.39. The molecule has 1 rings (SSSR count). The summed E-state index contributed by atoms with van der Waals surface area (Å²) in [5.41, 5.74) is 0. The van der Waals surface area contributed by atoms with E-state index < -0.39 is 22.9 Å². The van der Waals surface area contributed by atoms with Gasteiger partial charge in [0.05, 0.1) is 11.9 Å². The van der Waals surface area contributed by atoms with Gasteiger partial charge < -0.3 is 10.1 Å². The lowest BCUT2D eigenvalue weighted by Crippen LogP contribution is -2.40. The second-order valence-corrected chi connectivity index (χ2v) is 7.06. The zero-order chi connectivity index (χ0) is 13.6. The van der Waals surface area contributed by atoms with E-state index in [1.807, 2.05) is 0 Å². The first-order valence-electron chi connectivity index (χ1n) is 6.17. The SMILES string of the molecule is CS(=O)(=O)C1CCCC(NCCOCC(F)F)C1. The summed E-state index contributed by atoms with van der Waals surface area (Å²) in [6.07, 6.45) is 1.97. The number of hydrogen-bond donors (Lipinski definition) is 1. The van der Waals surface area contributed by atoms with Gasteiger partial charge in [-0.2, -0.15) is 0 Å². The van der Waals surface area contributed by atoms with E-state index in [4.69, 9.17) is 4.74 Å². The van der Waals surface area contributed by atoms with Crippen molar-refractivity contribution in [3.8, 4) is 0 Å². The topological polar surface area (TPSA) is 55.4 Å². The lowest BCUT2D eigenvalue weighted by atomic mass is 9.95. The average Bonchev–Trinajstić information content (AvgIpc) is 2.27. The summed E-state index contributed by atoms with van der Waals surface area (Å²) >= 11 is 0. The van der Waals surface area contributed by atoms with E-state index in [2.05, 4.69) is 5.32 Å². The molecular weight excluding hydrogens is 264 g/mol. The van der Waals surface area contributed by atoms with Crippen LogP contribution in [0.1, 0.15) is 25.7 Å². The summed E-state index contributed by atoms with van der Waals surface area (Å²) in [4.78, 5) is 0. The van der Waals surface area contributed by atoms with Crippen LogP contribution >= 0.6 is 0 Å². The molecule has 0 bridgehead atoms. The van der Waals surface area contributed by atoms with Crippen molar-refractivity contribution in [3.05, 3.63) is 0 Å². The molecule has 1 saturated carbocycles. The maximum absolute atomic E-state index is 11.8. The largest absolute Gasteiger partial charge is 0.374 e. The average molecular weight is 285 g/mol. The van der Waals surface area contributed by atoms with Crippen LogP contribution in [0.25, 0.3) is 0 Å². The van der Waals surface area contributed by atoms with Crippen molar-refractivity contribution in [2.24, 2.45) is 0 Å².